The normalized spacial score (nSPS) is 17.4. The minimum atomic E-state index is -0.698. The average Bonchev–Trinajstić information content (AvgIpc) is 3.39. The monoisotopic (exact) mass is 377 g/mol. The van der Waals surface area contributed by atoms with Gasteiger partial charge in [0.15, 0.2) is 0 Å². The molecule has 1 aliphatic rings. The van der Waals surface area contributed by atoms with Gasteiger partial charge in [0.2, 0.25) is 11.8 Å². The van der Waals surface area contributed by atoms with Crippen LogP contribution in [0.3, 0.4) is 0 Å². The quantitative estimate of drug-likeness (QED) is 0.617. The van der Waals surface area contributed by atoms with Crippen LogP contribution in [0, 0.1) is 0 Å². The Bertz CT molecular complexity index is 961. The van der Waals surface area contributed by atoms with E-state index in [1.54, 1.807) is 0 Å². The molecule has 6 heteroatoms. The van der Waals surface area contributed by atoms with E-state index < -0.39 is 12.1 Å². The molecule has 0 saturated carbocycles. The Morgan fingerprint density at radius 1 is 1.11 bits per heavy atom. The predicted octanol–water partition coefficient (Wildman–Crippen LogP) is 3.01. The molecule has 1 saturated heterocycles. The zero-order chi connectivity index (χ0) is 19.3. The van der Waals surface area contributed by atoms with E-state index in [0.29, 0.717) is 25.1 Å². The number of nitrogens with one attached hydrogen (secondary N) is 3. The van der Waals surface area contributed by atoms with E-state index in [-0.39, 0.29) is 11.8 Å². The molecule has 4 rings (SSSR count). The van der Waals surface area contributed by atoms with Crippen molar-refractivity contribution in [3.8, 4) is 0 Å². The van der Waals surface area contributed by atoms with Gasteiger partial charge in [-0.15, -0.1) is 0 Å². The number of carbonyl (C=O) groups is 2. The molecule has 0 radical (unpaired) electrons. The zero-order valence-electron chi connectivity index (χ0n) is 15.5. The summed E-state index contributed by atoms with van der Waals surface area (Å²) in [6.07, 6.45) is 3.36. The van der Waals surface area contributed by atoms with E-state index >= 15 is 0 Å². The van der Waals surface area contributed by atoms with Gasteiger partial charge in [-0.3, -0.25) is 9.59 Å². The predicted molar refractivity (Wildman–Crippen MR) is 108 cm³/mol. The third-order valence-corrected chi connectivity index (χ3v) is 5.00. The molecule has 1 unspecified atom stereocenters. The highest BCUT2D eigenvalue weighted by molar-refractivity contribution is 5.98. The summed E-state index contributed by atoms with van der Waals surface area (Å²) in [6, 6.07) is 16.5. The van der Waals surface area contributed by atoms with Crippen LogP contribution in [0.1, 0.15) is 18.4 Å². The van der Waals surface area contributed by atoms with Gasteiger partial charge < -0.3 is 20.4 Å². The topological polar surface area (TPSA) is 83.2 Å². The molecule has 3 aromatic rings. The molecule has 1 fully saturated rings. The second-order valence-electron chi connectivity index (χ2n) is 6.98. The van der Waals surface area contributed by atoms with Gasteiger partial charge in [0.25, 0.3) is 0 Å². The summed E-state index contributed by atoms with van der Waals surface area (Å²) in [5.41, 5.74) is 2.68. The van der Waals surface area contributed by atoms with Crippen molar-refractivity contribution in [3.05, 3.63) is 66.4 Å². The fourth-order valence-electron chi connectivity index (χ4n) is 3.53. The lowest BCUT2D eigenvalue weighted by Gasteiger charge is -2.20. The number of H-pyrrole nitrogens is 1. The highest BCUT2D eigenvalue weighted by Crippen LogP contribution is 2.20. The largest absolute Gasteiger partial charge is 0.368 e. The summed E-state index contributed by atoms with van der Waals surface area (Å²) < 4.78 is 5.47. The van der Waals surface area contributed by atoms with Crippen LogP contribution in [0.15, 0.2) is 60.8 Å². The Hall–Kier alpha value is -3.12. The SMILES string of the molecule is O=C(N[C@H](Cc1c[nH]c2ccccc12)C(=O)Nc1ccccc1)C1CCCO1. The molecule has 2 heterocycles. The Morgan fingerprint density at radius 3 is 2.68 bits per heavy atom. The van der Waals surface area contributed by atoms with Gasteiger partial charge >= 0.3 is 0 Å². The van der Waals surface area contributed by atoms with Gasteiger partial charge in [-0.1, -0.05) is 36.4 Å². The summed E-state index contributed by atoms with van der Waals surface area (Å²) in [7, 11) is 0. The smallest absolute Gasteiger partial charge is 0.249 e. The Labute approximate surface area is 163 Å². The maximum atomic E-state index is 12.9. The molecule has 1 aliphatic heterocycles. The molecule has 2 amide bonds. The average molecular weight is 377 g/mol. The van der Waals surface area contributed by atoms with Gasteiger partial charge in [-0.2, -0.15) is 0 Å². The fourth-order valence-corrected chi connectivity index (χ4v) is 3.53. The molecule has 1 aromatic heterocycles. The molecule has 0 bridgehead atoms. The van der Waals surface area contributed by atoms with Gasteiger partial charge in [0.05, 0.1) is 0 Å². The van der Waals surface area contributed by atoms with Crippen LogP contribution in [0.5, 0.6) is 0 Å². The van der Waals surface area contributed by atoms with Crippen molar-refractivity contribution in [3.63, 3.8) is 0 Å². The molecular weight excluding hydrogens is 354 g/mol. The number of aromatic nitrogens is 1. The van der Waals surface area contributed by atoms with E-state index in [1.165, 1.54) is 0 Å². The van der Waals surface area contributed by atoms with Crippen molar-refractivity contribution in [2.45, 2.75) is 31.4 Å². The van der Waals surface area contributed by atoms with Crippen LogP contribution in [-0.2, 0) is 20.7 Å². The van der Waals surface area contributed by atoms with Gasteiger partial charge in [0.1, 0.15) is 12.1 Å². The van der Waals surface area contributed by atoms with Crippen molar-refractivity contribution in [1.29, 1.82) is 0 Å². The summed E-state index contributed by atoms with van der Waals surface area (Å²) in [5.74, 6) is -0.478. The maximum absolute atomic E-state index is 12.9. The van der Waals surface area contributed by atoms with E-state index in [2.05, 4.69) is 15.6 Å². The van der Waals surface area contributed by atoms with Crippen LogP contribution in [-0.4, -0.2) is 35.6 Å². The molecule has 2 atom stereocenters. The number of ether oxygens (including phenoxy) is 1. The number of para-hydroxylation sites is 2. The second kappa shape index (κ2) is 8.27. The Morgan fingerprint density at radius 2 is 1.89 bits per heavy atom. The van der Waals surface area contributed by atoms with Crippen LogP contribution in [0.25, 0.3) is 10.9 Å². The summed E-state index contributed by atoms with van der Waals surface area (Å²) in [4.78, 5) is 28.8. The van der Waals surface area contributed by atoms with E-state index in [1.807, 2.05) is 60.8 Å². The van der Waals surface area contributed by atoms with Gasteiger partial charge in [-0.05, 0) is 36.6 Å². The molecule has 144 valence electrons. The van der Waals surface area contributed by atoms with E-state index in [0.717, 1.165) is 22.9 Å². The number of amides is 2. The van der Waals surface area contributed by atoms with Crippen LogP contribution in [0.2, 0.25) is 0 Å². The van der Waals surface area contributed by atoms with Crippen molar-refractivity contribution in [1.82, 2.24) is 10.3 Å². The summed E-state index contributed by atoms with van der Waals surface area (Å²) >= 11 is 0. The number of hydrogen-bond donors (Lipinski definition) is 3. The number of rotatable bonds is 6. The standard InChI is InChI=1S/C22H23N3O3/c26-21(24-16-7-2-1-3-8-16)19(25-22(27)20-11-6-12-28-20)13-15-14-23-18-10-5-4-9-17(15)18/h1-5,7-10,14,19-20,23H,6,11-13H2,(H,24,26)(H,25,27)/t19-,20?/m1/s1. The lowest BCUT2D eigenvalue weighted by atomic mass is 10.0. The molecular formula is C22H23N3O3. The van der Waals surface area contributed by atoms with Gasteiger partial charge in [0, 0.05) is 35.8 Å². The first-order chi connectivity index (χ1) is 13.7. The highest BCUT2D eigenvalue weighted by atomic mass is 16.5. The summed E-state index contributed by atoms with van der Waals surface area (Å²) in [5, 5.41) is 6.83. The molecule has 3 N–H and O–H groups in total. The minimum absolute atomic E-state index is 0.231. The van der Waals surface area contributed by atoms with Crippen molar-refractivity contribution in [2.24, 2.45) is 0 Å². The second-order valence-corrected chi connectivity index (χ2v) is 6.98. The fraction of sp³-hybridized carbons (Fsp3) is 0.273. The van der Waals surface area contributed by atoms with Gasteiger partial charge in [-0.25, -0.2) is 0 Å². The van der Waals surface area contributed by atoms with Crippen LogP contribution in [0.4, 0.5) is 5.69 Å². The lowest BCUT2D eigenvalue weighted by Crippen LogP contribution is -2.48. The number of anilines is 1. The van der Waals surface area contributed by atoms with E-state index in [4.69, 9.17) is 4.74 Å². The Balaban J connectivity index is 1.55. The molecule has 0 spiro atoms. The third-order valence-electron chi connectivity index (χ3n) is 5.00. The van der Waals surface area contributed by atoms with E-state index in [9.17, 15) is 9.59 Å². The first-order valence-corrected chi connectivity index (χ1v) is 9.53. The molecule has 0 aliphatic carbocycles. The van der Waals surface area contributed by atoms with Crippen molar-refractivity contribution < 1.29 is 14.3 Å². The minimum Gasteiger partial charge on any atom is -0.368 e. The summed E-state index contributed by atoms with van der Waals surface area (Å²) in [6.45, 7) is 0.585. The lowest BCUT2D eigenvalue weighted by molar-refractivity contribution is -0.133. The van der Waals surface area contributed by atoms with Crippen LogP contribution >= 0.6 is 0 Å². The first kappa shape index (κ1) is 18.3. The number of benzene rings is 2. The van der Waals surface area contributed by atoms with Crippen molar-refractivity contribution >= 4 is 28.4 Å². The van der Waals surface area contributed by atoms with Crippen molar-refractivity contribution in [2.75, 3.05) is 11.9 Å². The number of aromatic amines is 1. The zero-order valence-corrected chi connectivity index (χ0v) is 15.5. The first-order valence-electron chi connectivity index (χ1n) is 9.53. The Kier molecular flexibility index (Phi) is 5.39. The molecule has 6 nitrogen and oxygen atoms in total. The van der Waals surface area contributed by atoms with Crippen LogP contribution < -0.4 is 10.6 Å². The number of fused-ring (bicyclic) bond motifs is 1. The number of hydrogen-bond acceptors (Lipinski definition) is 3. The number of carbonyl (C=O) groups excluding carboxylic acids is 2. The molecule has 2 aromatic carbocycles. The highest BCUT2D eigenvalue weighted by Gasteiger charge is 2.29. The molecule has 28 heavy (non-hydrogen) atoms. The maximum Gasteiger partial charge on any atom is 0.249 e. The third kappa shape index (κ3) is 4.07.